The van der Waals surface area contributed by atoms with Gasteiger partial charge >= 0.3 is 5.97 Å². The number of carbonyl (C=O) groups excluding carboxylic acids is 1. The van der Waals surface area contributed by atoms with Crippen LogP contribution in [0.5, 0.6) is 0 Å². The minimum Gasteiger partial charge on any atom is -0.460 e. The van der Waals surface area contributed by atoms with E-state index in [0.717, 1.165) is 18.8 Å². The van der Waals surface area contributed by atoms with Crippen LogP contribution in [-0.2, 0) is 18.9 Å². The van der Waals surface area contributed by atoms with E-state index in [1.807, 2.05) is 0 Å². The first-order valence-electron chi connectivity index (χ1n) is 11.7. The van der Waals surface area contributed by atoms with E-state index < -0.39 is 29.0 Å². The Kier molecular flexibility index (Phi) is 18.1. The van der Waals surface area contributed by atoms with Gasteiger partial charge in [0.2, 0.25) is 0 Å². The first-order valence-corrected chi connectivity index (χ1v) is 12.3. The molecule has 0 amide bonds. The van der Waals surface area contributed by atoms with Crippen molar-refractivity contribution in [2.75, 3.05) is 52.0 Å². The van der Waals surface area contributed by atoms with E-state index in [4.69, 9.17) is 18.9 Å². The molecular formula is C24H37F3O5S. The monoisotopic (exact) mass is 494 g/mol. The van der Waals surface area contributed by atoms with Gasteiger partial charge in [-0.1, -0.05) is 44.9 Å². The van der Waals surface area contributed by atoms with Gasteiger partial charge in [0.15, 0.2) is 11.6 Å². The summed E-state index contributed by atoms with van der Waals surface area (Å²) in [7, 11) is 0. The van der Waals surface area contributed by atoms with Gasteiger partial charge in [0.05, 0.1) is 38.6 Å². The van der Waals surface area contributed by atoms with E-state index in [0.29, 0.717) is 38.6 Å². The Bertz CT molecular complexity index is 649. The van der Waals surface area contributed by atoms with E-state index in [1.54, 1.807) is 0 Å². The maximum Gasteiger partial charge on any atom is 0.341 e. The van der Waals surface area contributed by atoms with Crippen LogP contribution in [0.15, 0.2) is 12.1 Å². The summed E-state index contributed by atoms with van der Waals surface area (Å²) >= 11 is 4.22. The van der Waals surface area contributed by atoms with Gasteiger partial charge in [-0.3, -0.25) is 0 Å². The molecule has 0 aromatic heterocycles. The third kappa shape index (κ3) is 15.3. The highest BCUT2D eigenvalue weighted by Gasteiger charge is 2.17. The van der Waals surface area contributed by atoms with Crippen molar-refractivity contribution in [3.63, 3.8) is 0 Å². The molecule has 1 rings (SSSR count). The van der Waals surface area contributed by atoms with Crippen LogP contribution >= 0.6 is 12.6 Å². The second-order valence-corrected chi connectivity index (χ2v) is 8.07. The maximum atomic E-state index is 13.5. The Hall–Kier alpha value is -1.29. The Morgan fingerprint density at radius 2 is 1.06 bits per heavy atom. The molecule has 0 unspecified atom stereocenters. The van der Waals surface area contributed by atoms with E-state index >= 15 is 0 Å². The molecule has 33 heavy (non-hydrogen) atoms. The molecule has 5 nitrogen and oxygen atoms in total. The fourth-order valence-electron chi connectivity index (χ4n) is 3.05. The smallest absolute Gasteiger partial charge is 0.341 e. The average Bonchev–Trinajstić information content (AvgIpc) is 2.80. The highest BCUT2D eigenvalue weighted by molar-refractivity contribution is 7.80. The molecule has 0 aliphatic heterocycles. The van der Waals surface area contributed by atoms with Crippen molar-refractivity contribution in [2.24, 2.45) is 0 Å². The summed E-state index contributed by atoms with van der Waals surface area (Å²) in [4.78, 5) is 11.7. The van der Waals surface area contributed by atoms with Gasteiger partial charge in [0, 0.05) is 12.7 Å². The fourth-order valence-corrected chi connectivity index (χ4v) is 3.27. The standard InChI is InChI=1S/C24H37F3O5S/c25-21-19-23(27)22(26)18-20(21)24(28)32-16-15-31-14-13-30-12-11-29-10-8-6-4-2-1-3-5-7-9-17-33/h18-19,33H,1-17H2. The number of esters is 1. The second-order valence-electron chi connectivity index (χ2n) is 7.62. The molecule has 0 heterocycles. The molecule has 9 heteroatoms. The molecule has 1 aromatic carbocycles. The Balaban J connectivity index is 1.83. The molecule has 0 saturated carbocycles. The number of carbonyl (C=O) groups is 1. The van der Waals surface area contributed by atoms with Crippen molar-refractivity contribution < 1.29 is 36.9 Å². The molecule has 0 saturated heterocycles. The molecular weight excluding hydrogens is 457 g/mol. The van der Waals surface area contributed by atoms with E-state index in [9.17, 15) is 18.0 Å². The van der Waals surface area contributed by atoms with Crippen molar-refractivity contribution in [2.45, 2.75) is 57.8 Å². The van der Waals surface area contributed by atoms with E-state index in [1.165, 1.54) is 51.4 Å². The lowest BCUT2D eigenvalue weighted by molar-refractivity contribution is 0.0000518. The first kappa shape index (κ1) is 29.7. The summed E-state index contributed by atoms with van der Waals surface area (Å²) in [6.07, 6.45) is 11.3. The number of hydrogen-bond acceptors (Lipinski definition) is 6. The fraction of sp³-hybridized carbons (Fsp3) is 0.708. The molecule has 0 fully saturated rings. The average molecular weight is 495 g/mol. The summed E-state index contributed by atoms with van der Waals surface area (Å²) in [6.45, 7) is 2.34. The molecule has 0 N–H and O–H groups in total. The predicted octanol–water partition coefficient (Wildman–Crippen LogP) is 5.75. The molecule has 0 bridgehead atoms. The number of thiol groups is 1. The highest BCUT2D eigenvalue weighted by Crippen LogP contribution is 2.14. The normalized spacial score (nSPS) is 11.2. The molecule has 1 aromatic rings. The zero-order chi connectivity index (χ0) is 24.2. The second kappa shape index (κ2) is 20.1. The number of hydrogen-bond donors (Lipinski definition) is 1. The van der Waals surface area contributed by atoms with Crippen molar-refractivity contribution in [1.82, 2.24) is 0 Å². The van der Waals surface area contributed by atoms with Gasteiger partial charge in [0.1, 0.15) is 12.4 Å². The lowest BCUT2D eigenvalue weighted by atomic mass is 10.1. The van der Waals surface area contributed by atoms with Crippen molar-refractivity contribution in [1.29, 1.82) is 0 Å². The molecule has 190 valence electrons. The number of benzene rings is 1. The van der Waals surface area contributed by atoms with Crippen LogP contribution in [-0.4, -0.2) is 58.0 Å². The molecule has 0 atom stereocenters. The number of unbranched alkanes of at least 4 members (excludes halogenated alkanes) is 8. The van der Waals surface area contributed by atoms with Gasteiger partial charge in [-0.2, -0.15) is 12.6 Å². The minimum absolute atomic E-state index is 0.0759. The summed E-state index contributed by atoms with van der Waals surface area (Å²) < 4.78 is 60.4. The van der Waals surface area contributed by atoms with Crippen LogP contribution in [0, 0.1) is 17.5 Å². The summed E-state index contributed by atoms with van der Waals surface area (Å²) in [6, 6.07) is 0.775. The number of halogens is 3. The van der Waals surface area contributed by atoms with E-state index in [-0.39, 0.29) is 13.2 Å². The van der Waals surface area contributed by atoms with Crippen molar-refractivity contribution >= 4 is 18.6 Å². The third-order valence-electron chi connectivity index (χ3n) is 4.88. The van der Waals surface area contributed by atoms with Crippen LogP contribution in [0.25, 0.3) is 0 Å². The first-order chi connectivity index (χ1) is 16.1. The lowest BCUT2D eigenvalue weighted by Gasteiger charge is -2.08. The molecule has 0 aliphatic rings. The van der Waals surface area contributed by atoms with Gasteiger partial charge in [-0.15, -0.1) is 0 Å². The largest absolute Gasteiger partial charge is 0.460 e. The highest BCUT2D eigenvalue weighted by atomic mass is 32.1. The van der Waals surface area contributed by atoms with Crippen LogP contribution in [0.3, 0.4) is 0 Å². The zero-order valence-corrected chi connectivity index (χ0v) is 20.2. The van der Waals surface area contributed by atoms with E-state index in [2.05, 4.69) is 12.6 Å². The number of ether oxygens (including phenoxy) is 4. The van der Waals surface area contributed by atoms with Gasteiger partial charge in [-0.25, -0.2) is 18.0 Å². The van der Waals surface area contributed by atoms with Gasteiger partial charge in [0.25, 0.3) is 0 Å². The summed E-state index contributed by atoms with van der Waals surface area (Å²) in [5.74, 6) is -3.95. The summed E-state index contributed by atoms with van der Waals surface area (Å²) in [5.41, 5.74) is -0.659. The Labute approximate surface area is 200 Å². The van der Waals surface area contributed by atoms with Gasteiger partial charge in [-0.05, 0) is 24.7 Å². The van der Waals surface area contributed by atoms with Crippen LogP contribution in [0.4, 0.5) is 13.2 Å². The van der Waals surface area contributed by atoms with Gasteiger partial charge < -0.3 is 18.9 Å². The minimum atomic E-state index is -1.37. The quantitative estimate of drug-likeness (QED) is 0.102. The molecule has 0 aliphatic carbocycles. The van der Waals surface area contributed by atoms with Crippen LogP contribution in [0.1, 0.15) is 68.1 Å². The van der Waals surface area contributed by atoms with Crippen molar-refractivity contribution in [3.05, 3.63) is 35.1 Å². The van der Waals surface area contributed by atoms with Crippen molar-refractivity contribution in [3.8, 4) is 0 Å². The third-order valence-corrected chi connectivity index (χ3v) is 5.20. The molecule has 0 spiro atoms. The zero-order valence-electron chi connectivity index (χ0n) is 19.3. The van der Waals surface area contributed by atoms with Crippen LogP contribution < -0.4 is 0 Å². The van der Waals surface area contributed by atoms with Crippen LogP contribution in [0.2, 0.25) is 0 Å². The Morgan fingerprint density at radius 1 is 0.606 bits per heavy atom. The molecule has 0 radical (unpaired) electrons. The predicted molar refractivity (Wildman–Crippen MR) is 124 cm³/mol. The Morgan fingerprint density at radius 3 is 1.64 bits per heavy atom. The topological polar surface area (TPSA) is 54.0 Å². The summed E-state index contributed by atoms with van der Waals surface area (Å²) in [5, 5.41) is 0. The number of rotatable bonds is 21. The maximum absolute atomic E-state index is 13.5. The lowest BCUT2D eigenvalue weighted by Crippen LogP contribution is -2.15. The SMILES string of the molecule is O=C(OCCOCCOCCOCCCCCCCCCCCS)c1cc(F)c(F)cc1F.